The zero-order valence-electron chi connectivity index (χ0n) is 7.61. The molecule has 1 aromatic rings. The van der Waals surface area contributed by atoms with Crippen molar-refractivity contribution in [2.75, 3.05) is 23.9 Å². The molecule has 0 amide bonds. The molecule has 0 fully saturated rings. The highest BCUT2D eigenvalue weighted by Crippen LogP contribution is 2.18. The second-order valence-electron chi connectivity index (χ2n) is 2.67. The van der Waals surface area contributed by atoms with Crippen molar-refractivity contribution in [3.8, 4) is 0 Å². The number of hydrogen-bond acceptors (Lipinski definition) is 2. The molecule has 0 saturated heterocycles. The van der Waals surface area contributed by atoms with Crippen LogP contribution in [0.15, 0.2) is 12.1 Å². The number of halogens is 3. The molecule has 0 aliphatic heterocycles. The number of nitrogens with one attached hydrogen (secondary N) is 1. The van der Waals surface area contributed by atoms with Gasteiger partial charge in [0.25, 0.3) is 0 Å². The minimum atomic E-state index is -1.17. The maximum absolute atomic E-state index is 13.0. The van der Waals surface area contributed by atoms with E-state index in [-0.39, 0.29) is 5.69 Å². The maximum Gasteiger partial charge on any atom is 0.161 e. The van der Waals surface area contributed by atoms with Crippen LogP contribution in [0.5, 0.6) is 0 Å². The van der Waals surface area contributed by atoms with Gasteiger partial charge in [0, 0.05) is 24.4 Å². The lowest BCUT2D eigenvalue weighted by molar-refractivity contribution is 0.496. The van der Waals surface area contributed by atoms with Crippen molar-refractivity contribution < 1.29 is 13.2 Å². The smallest absolute Gasteiger partial charge is 0.161 e. The molecule has 0 radical (unpaired) electrons. The predicted molar refractivity (Wildman–Crippen MR) is 53.2 cm³/mol. The number of thioether (sulfide) groups is 1. The van der Waals surface area contributed by atoms with Crippen molar-refractivity contribution >= 4 is 17.4 Å². The van der Waals surface area contributed by atoms with Gasteiger partial charge in [-0.05, 0) is 6.26 Å². The first-order valence-electron chi connectivity index (χ1n) is 4.02. The first-order valence-corrected chi connectivity index (χ1v) is 5.42. The van der Waals surface area contributed by atoms with Crippen LogP contribution in [-0.2, 0) is 0 Å². The molecule has 0 saturated carbocycles. The van der Waals surface area contributed by atoms with E-state index in [1.807, 2.05) is 6.26 Å². The lowest BCUT2D eigenvalue weighted by atomic mass is 10.3. The third-order valence-corrected chi connectivity index (χ3v) is 2.24. The van der Waals surface area contributed by atoms with Crippen LogP contribution in [0.2, 0.25) is 0 Å². The molecule has 0 aromatic heterocycles. The van der Waals surface area contributed by atoms with E-state index in [0.717, 1.165) is 11.8 Å². The molecule has 78 valence electrons. The van der Waals surface area contributed by atoms with Gasteiger partial charge in [0.2, 0.25) is 0 Å². The second kappa shape index (κ2) is 5.14. The molecule has 1 aromatic carbocycles. The van der Waals surface area contributed by atoms with Gasteiger partial charge >= 0.3 is 0 Å². The Balaban J connectivity index is 2.72. The van der Waals surface area contributed by atoms with Gasteiger partial charge in [-0.1, -0.05) is 0 Å². The molecule has 0 bridgehead atoms. The summed E-state index contributed by atoms with van der Waals surface area (Å²) in [7, 11) is 0. The molecule has 5 heteroatoms. The minimum absolute atomic E-state index is 0.00190. The van der Waals surface area contributed by atoms with Crippen LogP contribution in [0.1, 0.15) is 0 Å². The molecule has 0 atom stereocenters. The fourth-order valence-electron chi connectivity index (χ4n) is 0.946. The molecular weight excluding hydrogens is 211 g/mol. The van der Waals surface area contributed by atoms with Gasteiger partial charge < -0.3 is 5.32 Å². The summed E-state index contributed by atoms with van der Waals surface area (Å²) >= 11 is 1.58. The Kier molecular flexibility index (Phi) is 4.13. The summed E-state index contributed by atoms with van der Waals surface area (Å²) < 4.78 is 38.2. The Morgan fingerprint density at radius 2 is 1.79 bits per heavy atom. The Morgan fingerprint density at radius 1 is 1.14 bits per heavy atom. The van der Waals surface area contributed by atoms with Crippen molar-refractivity contribution in [3.63, 3.8) is 0 Å². The van der Waals surface area contributed by atoms with Gasteiger partial charge in [-0.3, -0.25) is 0 Å². The first kappa shape index (κ1) is 11.2. The summed E-state index contributed by atoms with van der Waals surface area (Å²) in [6, 6.07) is 1.36. The Bertz CT molecular complexity index is 317. The van der Waals surface area contributed by atoms with E-state index in [0.29, 0.717) is 12.6 Å². The van der Waals surface area contributed by atoms with E-state index >= 15 is 0 Å². The summed E-state index contributed by atoms with van der Waals surface area (Å²) in [6.45, 7) is 0.517. The van der Waals surface area contributed by atoms with Crippen LogP contribution < -0.4 is 5.32 Å². The topological polar surface area (TPSA) is 12.0 Å². The molecule has 0 aliphatic carbocycles. The minimum Gasteiger partial charge on any atom is -0.382 e. The van der Waals surface area contributed by atoms with Crippen LogP contribution in [0.3, 0.4) is 0 Å². The molecule has 1 rings (SSSR count). The number of anilines is 1. The molecule has 1 nitrogen and oxygen atoms in total. The summed E-state index contributed by atoms with van der Waals surface area (Å²) in [5, 5.41) is 2.68. The summed E-state index contributed by atoms with van der Waals surface area (Å²) in [5.41, 5.74) is -0.00190. The zero-order chi connectivity index (χ0) is 10.6. The van der Waals surface area contributed by atoms with E-state index in [4.69, 9.17) is 0 Å². The number of benzene rings is 1. The van der Waals surface area contributed by atoms with E-state index in [1.54, 1.807) is 11.8 Å². The highest BCUT2D eigenvalue weighted by atomic mass is 32.2. The van der Waals surface area contributed by atoms with Crippen LogP contribution in [0, 0.1) is 17.5 Å². The third kappa shape index (κ3) is 2.83. The molecule has 14 heavy (non-hydrogen) atoms. The molecular formula is C9H10F3NS. The van der Waals surface area contributed by atoms with Crippen LogP contribution in [0.25, 0.3) is 0 Å². The average molecular weight is 221 g/mol. The van der Waals surface area contributed by atoms with Crippen molar-refractivity contribution in [3.05, 3.63) is 29.6 Å². The molecule has 0 heterocycles. The lowest BCUT2D eigenvalue weighted by Crippen LogP contribution is -2.06. The standard InChI is InChI=1S/C9H10F3NS/c1-14-3-2-13-9-5-7(11)6(10)4-8(9)12/h4-5,13H,2-3H2,1H3. The number of rotatable bonds is 4. The SMILES string of the molecule is CSCCNc1cc(F)c(F)cc1F. The van der Waals surface area contributed by atoms with E-state index < -0.39 is 17.5 Å². The van der Waals surface area contributed by atoms with Gasteiger partial charge in [0.1, 0.15) is 5.82 Å². The normalized spacial score (nSPS) is 10.3. The highest BCUT2D eigenvalue weighted by molar-refractivity contribution is 7.98. The van der Waals surface area contributed by atoms with E-state index in [9.17, 15) is 13.2 Å². The monoisotopic (exact) mass is 221 g/mol. The summed E-state index contributed by atoms with van der Waals surface area (Å²) in [5.74, 6) is -2.21. The predicted octanol–water partition coefficient (Wildman–Crippen LogP) is 2.88. The fourth-order valence-corrected chi connectivity index (χ4v) is 1.25. The van der Waals surface area contributed by atoms with E-state index in [2.05, 4.69) is 5.32 Å². The molecule has 0 aliphatic rings. The van der Waals surface area contributed by atoms with Crippen molar-refractivity contribution in [1.82, 2.24) is 0 Å². The Labute approximate surface area is 84.7 Å². The van der Waals surface area contributed by atoms with Crippen molar-refractivity contribution in [2.45, 2.75) is 0 Å². The molecule has 1 N–H and O–H groups in total. The third-order valence-electron chi connectivity index (χ3n) is 1.63. The summed E-state index contributed by atoms with van der Waals surface area (Å²) in [4.78, 5) is 0. The Morgan fingerprint density at radius 3 is 2.43 bits per heavy atom. The van der Waals surface area contributed by atoms with Crippen LogP contribution in [-0.4, -0.2) is 18.6 Å². The number of hydrogen-bond donors (Lipinski definition) is 1. The fraction of sp³-hybridized carbons (Fsp3) is 0.333. The van der Waals surface area contributed by atoms with Gasteiger partial charge in [0.05, 0.1) is 5.69 Å². The van der Waals surface area contributed by atoms with E-state index in [1.165, 1.54) is 0 Å². The average Bonchev–Trinajstić information content (AvgIpc) is 2.14. The van der Waals surface area contributed by atoms with Gasteiger partial charge in [0.15, 0.2) is 11.6 Å². The summed E-state index contributed by atoms with van der Waals surface area (Å²) in [6.07, 6.45) is 1.91. The van der Waals surface area contributed by atoms with Gasteiger partial charge in [-0.15, -0.1) is 0 Å². The van der Waals surface area contributed by atoms with Crippen molar-refractivity contribution in [1.29, 1.82) is 0 Å². The largest absolute Gasteiger partial charge is 0.382 e. The quantitative estimate of drug-likeness (QED) is 0.619. The highest BCUT2D eigenvalue weighted by Gasteiger charge is 2.08. The van der Waals surface area contributed by atoms with Crippen LogP contribution >= 0.6 is 11.8 Å². The first-order chi connectivity index (χ1) is 6.65. The van der Waals surface area contributed by atoms with Gasteiger partial charge in [-0.25, -0.2) is 13.2 Å². The van der Waals surface area contributed by atoms with Gasteiger partial charge in [-0.2, -0.15) is 11.8 Å². The Hall–Kier alpha value is -0.840. The maximum atomic E-state index is 13.0. The second-order valence-corrected chi connectivity index (χ2v) is 3.65. The zero-order valence-corrected chi connectivity index (χ0v) is 8.43. The molecule has 0 unspecified atom stereocenters. The lowest BCUT2D eigenvalue weighted by Gasteiger charge is -2.06. The molecule has 0 spiro atoms. The van der Waals surface area contributed by atoms with Crippen LogP contribution in [0.4, 0.5) is 18.9 Å². The van der Waals surface area contributed by atoms with Crippen molar-refractivity contribution in [2.24, 2.45) is 0 Å².